The zero-order chi connectivity index (χ0) is 7.11. The van der Waals surface area contributed by atoms with Crippen molar-refractivity contribution in [3.63, 3.8) is 0 Å². The van der Waals surface area contributed by atoms with E-state index in [9.17, 15) is 4.79 Å². The van der Waals surface area contributed by atoms with Gasteiger partial charge in [0, 0.05) is 5.57 Å². The minimum absolute atomic E-state index is 0.850. The highest BCUT2D eigenvalue weighted by Crippen LogP contribution is 2.04. The lowest BCUT2D eigenvalue weighted by molar-refractivity contribution is 0.565. The van der Waals surface area contributed by atoms with E-state index in [0.717, 1.165) is 18.4 Å². The average molecular weight is 126 g/mol. The molecule has 0 saturated heterocycles. The third kappa shape index (κ3) is 5.32. The molecule has 0 amide bonds. The van der Waals surface area contributed by atoms with Gasteiger partial charge in [0.2, 0.25) is 0 Å². The Morgan fingerprint density at radius 3 is 2.56 bits per heavy atom. The van der Waals surface area contributed by atoms with E-state index in [1.165, 1.54) is 12.8 Å². The summed E-state index contributed by atoms with van der Waals surface area (Å²) in [6.07, 6.45) is 4.50. The van der Waals surface area contributed by atoms with E-state index in [2.05, 4.69) is 6.92 Å². The number of hydrogen-bond donors (Lipinski definition) is 0. The number of carbonyl (C=O) groups excluding carboxylic acids is 1. The van der Waals surface area contributed by atoms with Crippen LogP contribution in [0.25, 0.3) is 0 Å². The lowest BCUT2D eigenvalue weighted by Gasteiger charge is -1.93. The van der Waals surface area contributed by atoms with Gasteiger partial charge in [0.15, 0.2) is 0 Å². The summed E-state index contributed by atoms with van der Waals surface area (Å²) in [6, 6.07) is 0. The molecule has 0 aliphatic rings. The molecule has 0 bridgehead atoms. The van der Waals surface area contributed by atoms with Crippen LogP contribution < -0.4 is 0 Å². The molecule has 1 heteroatoms. The van der Waals surface area contributed by atoms with E-state index < -0.39 is 0 Å². The minimum atomic E-state index is 0.850. The van der Waals surface area contributed by atoms with E-state index in [0.29, 0.717) is 0 Å². The molecule has 0 spiro atoms. The average Bonchev–Trinajstić information content (AvgIpc) is 1.89. The maximum absolute atomic E-state index is 9.94. The Morgan fingerprint density at radius 2 is 2.11 bits per heavy atom. The molecule has 0 rings (SSSR count). The predicted octanol–water partition coefficient (Wildman–Crippen LogP) is 2.34. The van der Waals surface area contributed by atoms with Gasteiger partial charge in [-0.15, -0.1) is 0 Å². The largest absolute Gasteiger partial charge is 0.234 e. The first-order valence-electron chi connectivity index (χ1n) is 3.51. The fourth-order valence-electron chi connectivity index (χ4n) is 0.691. The second-order valence-electron chi connectivity index (χ2n) is 2.34. The quantitative estimate of drug-likeness (QED) is 0.417. The maximum Gasteiger partial charge on any atom is 0.123 e. The number of hydrogen-bond acceptors (Lipinski definition) is 1. The molecule has 0 atom stereocenters. The lowest BCUT2D eigenvalue weighted by Crippen LogP contribution is -1.78. The van der Waals surface area contributed by atoms with Crippen molar-refractivity contribution in [3.05, 3.63) is 5.57 Å². The van der Waals surface area contributed by atoms with Crippen LogP contribution in [-0.2, 0) is 4.79 Å². The van der Waals surface area contributed by atoms with Gasteiger partial charge in [-0.25, -0.2) is 4.79 Å². The molecule has 0 aromatic rings. The molecule has 52 valence electrons. The van der Waals surface area contributed by atoms with Gasteiger partial charge in [0.05, 0.1) is 0 Å². The zero-order valence-electron chi connectivity index (χ0n) is 6.24. The van der Waals surface area contributed by atoms with Crippen LogP contribution in [0.15, 0.2) is 5.57 Å². The van der Waals surface area contributed by atoms with E-state index in [-0.39, 0.29) is 0 Å². The third-order valence-electron chi connectivity index (χ3n) is 1.33. The second-order valence-corrected chi connectivity index (χ2v) is 2.34. The molecule has 0 radical (unpaired) electrons. The van der Waals surface area contributed by atoms with E-state index in [1.54, 1.807) is 0 Å². The summed E-state index contributed by atoms with van der Waals surface area (Å²) in [7, 11) is 0. The van der Waals surface area contributed by atoms with Crippen LogP contribution in [0.1, 0.15) is 39.5 Å². The van der Waals surface area contributed by atoms with Gasteiger partial charge in [-0.1, -0.05) is 19.8 Å². The second kappa shape index (κ2) is 5.58. The summed E-state index contributed by atoms with van der Waals surface area (Å²) in [6.45, 7) is 3.99. The lowest BCUT2D eigenvalue weighted by atomic mass is 10.1. The molecule has 0 heterocycles. The molecule has 0 aromatic heterocycles. The molecule has 1 nitrogen and oxygen atoms in total. The molecular formula is C8H14O. The molecule has 0 unspecified atom stereocenters. The van der Waals surface area contributed by atoms with Crippen LogP contribution in [0.2, 0.25) is 0 Å². The van der Waals surface area contributed by atoms with Crippen molar-refractivity contribution in [3.8, 4) is 0 Å². The van der Waals surface area contributed by atoms with Crippen LogP contribution in [0.3, 0.4) is 0 Å². The number of allylic oxidation sites excluding steroid dienone is 1. The highest BCUT2D eigenvalue weighted by molar-refractivity contribution is 5.50. The van der Waals surface area contributed by atoms with Crippen LogP contribution >= 0.6 is 0 Å². The first-order valence-corrected chi connectivity index (χ1v) is 3.51. The van der Waals surface area contributed by atoms with E-state index >= 15 is 0 Å². The van der Waals surface area contributed by atoms with Crippen molar-refractivity contribution in [2.45, 2.75) is 39.5 Å². The molecule has 0 N–H and O–H groups in total. The van der Waals surface area contributed by atoms with Crippen molar-refractivity contribution in [2.75, 3.05) is 0 Å². The Morgan fingerprint density at radius 1 is 1.44 bits per heavy atom. The van der Waals surface area contributed by atoms with Crippen molar-refractivity contribution >= 4 is 5.94 Å². The minimum Gasteiger partial charge on any atom is -0.234 e. The van der Waals surface area contributed by atoms with Crippen LogP contribution in [-0.4, -0.2) is 5.94 Å². The van der Waals surface area contributed by atoms with Crippen LogP contribution in [0, 0.1) is 0 Å². The zero-order valence-corrected chi connectivity index (χ0v) is 6.24. The molecule has 0 aliphatic carbocycles. The standard InChI is InChI=1S/C8H14O/c1-3-4-5-6-8(2)7-9/h3-6H2,1-2H3. The summed E-state index contributed by atoms with van der Waals surface area (Å²) >= 11 is 0. The normalized spacial score (nSPS) is 8.67. The Hall–Kier alpha value is -0.550. The summed E-state index contributed by atoms with van der Waals surface area (Å²) < 4.78 is 0. The summed E-state index contributed by atoms with van der Waals surface area (Å²) in [5.41, 5.74) is 0.850. The monoisotopic (exact) mass is 126 g/mol. The van der Waals surface area contributed by atoms with Crippen molar-refractivity contribution < 1.29 is 4.79 Å². The smallest absolute Gasteiger partial charge is 0.123 e. The van der Waals surface area contributed by atoms with E-state index in [4.69, 9.17) is 0 Å². The van der Waals surface area contributed by atoms with Gasteiger partial charge in [0.25, 0.3) is 0 Å². The van der Waals surface area contributed by atoms with Gasteiger partial charge < -0.3 is 0 Å². The van der Waals surface area contributed by atoms with Crippen molar-refractivity contribution in [2.24, 2.45) is 0 Å². The first-order chi connectivity index (χ1) is 4.31. The Balaban J connectivity index is 3.17. The van der Waals surface area contributed by atoms with Crippen LogP contribution in [0.5, 0.6) is 0 Å². The molecular weight excluding hydrogens is 112 g/mol. The highest BCUT2D eigenvalue weighted by Gasteiger charge is 1.88. The van der Waals surface area contributed by atoms with Gasteiger partial charge >= 0.3 is 0 Å². The Bertz CT molecular complexity index is 110. The Kier molecular flexibility index (Phi) is 5.24. The maximum atomic E-state index is 9.94. The predicted molar refractivity (Wildman–Crippen MR) is 39.0 cm³/mol. The number of unbranched alkanes of at least 4 members (excludes halogenated alkanes) is 2. The molecule has 0 saturated carbocycles. The highest BCUT2D eigenvalue weighted by atomic mass is 16.1. The molecule has 0 aromatic carbocycles. The molecule has 9 heavy (non-hydrogen) atoms. The summed E-state index contributed by atoms with van der Waals surface area (Å²) in [5.74, 6) is 1.89. The fraction of sp³-hybridized carbons (Fsp3) is 0.750. The van der Waals surface area contributed by atoms with Gasteiger partial charge in [0.1, 0.15) is 5.94 Å². The molecule has 0 fully saturated rings. The van der Waals surface area contributed by atoms with E-state index in [1.807, 2.05) is 12.9 Å². The third-order valence-corrected chi connectivity index (χ3v) is 1.33. The topological polar surface area (TPSA) is 17.1 Å². The van der Waals surface area contributed by atoms with Gasteiger partial charge in [-0.3, -0.25) is 0 Å². The van der Waals surface area contributed by atoms with Gasteiger partial charge in [-0.2, -0.15) is 0 Å². The number of rotatable bonds is 4. The summed E-state index contributed by atoms with van der Waals surface area (Å²) in [5, 5.41) is 0. The van der Waals surface area contributed by atoms with Crippen molar-refractivity contribution in [1.29, 1.82) is 0 Å². The van der Waals surface area contributed by atoms with Gasteiger partial charge in [-0.05, 0) is 19.8 Å². The Labute approximate surface area is 56.8 Å². The summed E-state index contributed by atoms with van der Waals surface area (Å²) in [4.78, 5) is 9.94. The fourth-order valence-corrected chi connectivity index (χ4v) is 0.691. The van der Waals surface area contributed by atoms with Crippen LogP contribution in [0.4, 0.5) is 0 Å². The van der Waals surface area contributed by atoms with Crippen molar-refractivity contribution in [1.82, 2.24) is 0 Å². The SMILES string of the molecule is CCCCCC(C)=C=O. The first kappa shape index (κ1) is 8.45. The molecule has 0 aliphatic heterocycles.